The van der Waals surface area contributed by atoms with E-state index in [0.29, 0.717) is 19.0 Å². The van der Waals surface area contributed by atoms with Crippen LogP contribution < -0.4 is 5.32 Å². The van der Waals surface area contributed by atoms with Crippen LogP contribution in [0.4, 0.5) is 4.79 Å². The molecule has 2 N–H and O–H groups in total. The summed E-state index contributed by atoms with van der Waals surface area (Å²) in [7, 11) is 0. The van der Waals surface area contributed by atoms with Crippen molar-refractivity contribution in [1.82, 2.24) is 10.2 Å². The van der Waals surface area contributed by atoms with Crippen LogP contribution in [-0.4, -0.2) is 48.4 Å². The summed E-state index contributed by atoms with van der Waals surface area (Å²) in [6.07, 6.45) is 2.07. The van der Waals surface area contributed by atoms with E-state index >= 15 is 0 Å². The first-order chi connectivity index (χ1) is 11.7. The molecule has 0 spiro atoms. The Morgan fingerprint density at radius 1 is 1.38 bits per heavy atom. The molecule has 1 fully saturated rings. The molecule has 0 radical (unpaired) electrons. The van der Waals surface area contributed by atoms with E-state index in [1.165, 1.54) is 0 Å². The molecule has 6 heteroatoms. The summed E-state index contributed by atoms with van der Waals surface area (Å²) >= 11 is 0. The number of carbonyl (C=O) groups excluding carboxylic acids is 1. The summed E-state index contributed by atoms with van der Waals surface area (Å²) in [5, 5.41) is 20.8. The maximum absolute atomic E-state index is 12.0. The van der Waals surface area contributed by atoms with E-state index < -0.39 is 6.09 Å². The number of benzene rings is 1. The van der Waals surface area contributed by atoms with Gasteiger partial charge in [0.25, 0.3) is 0 Å². The van der Waals surface area contributed by atoms with Crippen LogP contribution >= 0.6 is 0 Å². The van der Waals surface area contributed by atoms with E-state index in [0.717, 1.165) is 31.4 Å². The number of alkyl carbamates (subject to hydrolysis) is 1. The van der Waals surface area contributed by atoms with Crippen molar-refractivity contribution < 1.29 is 14.6 Å². The molecule has 0 aromatic heterocycles. The third-order valence-corrected chi connectivity index (χ3v) is 4.21. The number of nitrogens with zero attached hydrogens (tertiary/aromatic N) is 2. The average Bonchev–Trinajstić information content (AvgIpc) is 2.59. The Balaban J connectivity index is 1.82. The van der Waals surface area contributed by atoms with Crippen LogP contribution in [0.25, 0.3) is 0 Å². The molecule has 130 valence electrons. The number of hydrogen-bond donors (Lipinski definition) is 2. The summed E-state index contributed by atoms with van der Waals surface area (Å²) in [4.78, 5) is 14.1. The number of piperidine rings is 1. The van der Waals surface area contributed by atoms with Gasteiger partial charge in [-0.1, -0.05) is 30.3 Å². The van der Waals surface area contributed by atoms with Crippen molar-refractivity contribution in [3.05, 3.63) is 35.9 Å². The third kappa shape index (κ3) is 6.19. The maximum atomic E-state index is 12.0. The van der Waals surface area contributed by atoms with Crippen molar-refractivity contribution in [1.29, 1.82) is 5.26 Å². The Morgan fingerprint density at radius 2 is 2.17 bits per heavy atom. The van der Waals surface area contributed by atoms with Gasteiger partial charge < -0.3 is 15.2 Å². The van der Waals surface area contributed by atoms with E-state index in [-0.39, 0.29) is 19.3 Å². The Labute approximate surface area is 143 Å². The summed E-state index contributed by atoms with van der Waals surface area (Å²) in [5.74, 6) is 0.374. The predicted octanol–water partition coefficient (Wildman–Crippen LogP) is 1.90. The van der Waals surface area contributed by atoms with Gasteiger partial charge in [0.15, 0.2) is 0 Å². The van der Waals surface area contributed by atoms with Crippen molar-refractivity contribution in [3.63, 3.8) is 0 Å². The smallest absolute Gasteiger partial charge is 0.407 e. The van der Waals surface area contributed by atoms with Gasteiger partial charge in [-0.05, 0) is 30.7 Å². The number of nitriles is 1. The highest BCUT2D eigenvalue weighted by molar-refractivity contribution is 5.67. The second-order valence-electron chi connectivity index (χ2n) is 6.22. The standard InChI is InChI=1S/C18H25N3O3/c19-8-9-21-12-16(7-4-10-22)11-17(13-21)20-18(23)24-14-15-5-2-1-3-6-15/h1-3,5-6,16-17,22H,4,7,9-14H2,(H,20,23). The highest BCUT2D eigenvalue weighted by Gasteiger charge is 2.28. The molecule has 1 amide bonds. The zero-order valence-electron chi connectivity index (χ0n) is 13.9. The molecule has 0 aliphatic carbocycles. The van der Waals surface area contributed by atoms with Gasteiger partial charge in [0.1, 0.15) is 6.61 Å². The minimum Gasteiger partial charge on any atom is -0.445 e. The minimum atomic E-state index is -0.427. The van der Waals surface area contributed by atoms with Gasteiger partial charge in [0, 0.05) is 25.7 Å². The monoisotopic (exact) mass is 331 g/mol. The number of carbonyl (C=O) groups is 1. The molecule has 1 heterocycles. The molecule has 6 nitrogen and oxygen atoms in total. The molecule has 2 atom stereocenters. The molecular formula is C18H25N3O3. The van der Waals surface area contributed by atoms with Gasteiger partial charge in [0.05, 0.1) is 12.6 Å². The Kier molecular flexibility index (Phi) is 7.53. The normalized spacial score (nSPS) is 21.0. The summed E-state index contributed by atoms with van der Waals surface area (Å²) in [6.45, 7) is 2.27. The number of likely N-dealkylation sites (tertiary alicyclic amines) is 1. The van der Waals surface area contributed by atoms with E-state index in [1.807, 2.05) is 35.2 Å². The molecular weight excluding hydrogens is 306 g/mol. The number of ether oxygens (including phenoxy) is 1. The zero-order chi connectivity index (χ0) is 17.2. The van der Waals surface area contributed by atoms with Gasteiger partial charge in [-0.3, -0.25) is 4.90 Å². The van der Waals surface area contributed by atoms with Crippen LogP contribution in [0.5, 0.6) is 0 Å². The topological polar surface area (TPSA) is 85.6 Å². The lowest BCUT2D eigenvalue weighted by molar-refractivity contribution is 0.111. The largest absolute Gasteiger partial charge is 0.445 e. The maximum Gasteiger partial charge on any atom is 0.407 e. The van der Waals surface area contributed by atoms with Gasteiger partial charge in [-0.15, -0.1) is 0 Å². The SMILES string of the molecule is N#CCN1CC(CCCO)CC(NC(=O)OCc2ccccc2)C1. The number of hydrogen-bond acceptors (Lipinski definition) is 5. The van der Waals surface area contributed by atoms with E-state index in [2.05, 4.69) is 11.4 Å². The third-order valence-electron chi connectivity index (χ3n) is 4.21. The molecule has 1 aromatic carbocycles. The fourth-order valence-corrected chi connectivity index (χ4v) is 3.16. The number of amides is 1. The number of aliphatic hydroxyl groups excluding tert-OH is 1. The quantitative estimate of drug-likeness (QED) is 0.745. The molecule has 1 saturated heterocycles. The van der Waals surface area contributed by atoms with Crippen molar-refractivity contribution in [2.45, 2.75) is 31.9 Å². The van der Waals surface area contributed by atoms with Gasteiger partial charge in [0.2, 0.25) is 0 Å². The van der Waals surface area contributed by atoms with Crippen molar-refractivity contribution in [3.8, 4) is 6.07 Å². The predicted molar refractivity (Wildman–Crippen MR) is 90.0 cm³/mol. The summed E-state index contributed by atoms with van der Waals surface area (Å²) in [6, 6.07) is 11.7. The van der Waals surface area contributed by atoms with Crippen LogP contribution in [0, 0.1) is 17.2 Å². The second-order valence-corrected chi connectivity index (χ2v) is 6.22. The molecule has 0 saturated carbocycles. The molecule has 1 aromatic rings. The van der Waals surface area contributed by atoms with Crippen molar-refractivity contribution >= 4 is 6.09 Å². The molecule has 1 aliphatic rings. The van der Waals surface area contributed by atoms with Gasteiger partial charge in [-0.2, -0.15) is 5.26 Å². The summed E-state index contributed by atoms with van der Waals surface area (Å²) in [5.41, 5.74) is 0.947. The van der Waals surface area contributed by atoms with Gasteiger partial charge in [-0.25, -0.2) is 4.79 Å². The van der Waals surface area contributed by atoms with E-state index in [1.54, 1.807) is 0 Å². The lowest BCUT2D eigenvalue weighted by atomic mass is 9.90. The average molecular weight is 331 g/mol. The van der Waals surface area contributed by atoms with Crippen LogP contribution in [0.15, 0.2) is 30.3 Å². The highest BCUT2D eigenvalue weighted by atomic mass is 16.5. The fourth-order valence-electron chi connectivity index (χ4n) is 3.16. The lowest BCUT2D eigenvalue weighted by Crippen LogP contribution is -2.51. The van der Waals surface area contributed by atoms with Crippen molar-refractivity contribution in [2.75, 3.05) is 26.2 Å². The number of aliphatic hydroxyl groups is 1. The number of rotatable bonds is 7. The molecule has 2 unspecified atom stereocenters. The molecule has 24 heavy (non-hydrogen) atoms. The van der Waals surface area contributed by atoms with Crippen LogP contribution in [0.1, 0.15) is 24.8 Å². The molecule has 0 bridgehead atoms. The highest BCUT2D eigenvalue weighted by Crippen LogP contribution is 2.21. The van der Waals surface area contributed by atoms with Crippen LogP contribution in [-0.2, 0) is 11.3 Å². The van der Waals surface area contributed by atoms with Crippen molar-refractivity contribution in [2.24, 2.45) is 5.92 Å². The van der Waals surface area contributed by atoms with Gasteiger partial charge >= 0.3 is 6.09 Å². The first-order valence-electron chi connectivity index (χ1n) is 8.38. The lowest BCUT2D eigenvalue weighted by Gasteiger charge is -2.36. The van der Waals surface area contributed by atoms with Crippen LogP contribution in [0.3, 0.4) is 0 Å². The number of nitrogens with one attached hydrogen (secondary N) is 1. The van der Waals surface area contributed by atoms with Crippen LogP contribution in [0.2, 0.25) is 0 Å². The van der Waals surface area contributed by atoms with E-state index in [9.17, 15) is 4.79 Å². The summed E-state index contributed by atoms with van der Waals surface area (Å²) < 4.78 is 5.27. The first-order valence-corrected chi connectivity index (χ1v) is 8.38. The second kappa shape index (κ2) is 9.91. The molecule has 1 aliphatic heterocycles. The van der Waals surface area contributed by atoms with E-state index in [4.69, 9.17) is 15.1 Å². The zero-order valence-corrected chi connectivity index (χ0v) is 13.9. The Bertz CT molecular complexity index is 544. The Hall–Kier alpha value is -2.10. The molecule has 2 rings (SSSR count). The first kappa shape index (κ1) is 18.2. The minimum absolute atomic E-state index is 0.0286. The fraction of sp³-hybridized carbons (Fsp3) is 0.556. The Morgan fingerprint density at radius 3 is 2.88 bits per heavy atom.